The Balaban J connectivity index is 2.69. The fraction of sp³-hybridized carbons (Fsp3) is 0.571. The maximum Gasteiger partial charge on any atom is 0.133 e. The van der Waals surface area contributed by atoms with E-state index in [4.69, 9.17) is 10.7 Å². The van der Waals surface area contributed by atoms with Crippen molar-refractivity contribution >= 4 is 5.82 Å². The minimum absolute atomic E-state index is 0.0464. The molecule has 104 valence electrons. The smallest absolute Gasteiger partial charge is 0.133 e. The maximum absolute atomic E-state index is 6.32. The summed E-state index contributed by atoms with van der Waals surface area (Å²) in [6.07, 6.45) is 3.57. The molecule has 0 radical (unpaired) electrons. The summed E-state index contributed by atoms with van der Waals surface area (Å²) in [7, 11) is 1.95. The number of hydrogen-bond acceptors (Lipinski definition) is 3. The van der Waals surface area contributed by atoms with Crippen molar-refractivity contribution in [2.75, 3.05) is 5.73 Å². The van der Waals surface area contributed by atoms with E-state index in [1.165, 1.54) is 0 Å². The lowest BCUT2D eigenvalue weighted by molar-refractivity contribution is 0.473. The lowest BCUT2D eigenvalue weighted by atomic mass is 9.95. The first-order chi connectivity index (χ1) is 8.73. The largest absolute Gasteiger partial charge is 0.383 e. The van der Waals surface area contributed by atoms with Gasteiger partial charge in [0.1, 0.15) is 17.3 Å². The van der Waals surface area contributed by atoms with Crippen molar-refractivity contribution in [1.29, 1.82) is 0 Å². The molecule has 0 amide bonds. The van der Waals surface area contributed by atoms with Crippen molar-refractivity contribution in [2.45, 2.75) is 46.1 Å². The first kappa shape index (κ1) is 13.6. The van der Waals surface area contributed by atoms with Crippen molar-refractivity contribution < 1.29 is 0 Å². The lowest BCUT2D eigenvalue weighted by Gasteiger charge is -2.22. The number of aryl methyl sites for hydroxylation is 1. The van der Waals surface area contributed by atoms with Crippen molar-refractivity contribution in [1.82, 2.24) is 19.1 Å². The number of anilines is 1. The second kappa shape index (κ2) is 4.40. The molecule has 2 heterocycles. The Morgan fingerprint density at radius 1 is 1.26 bits per heavy atom. The Morgan fingerprint density at radius 2 is 1.89 bits per heavy atom. The van der Waals surface area contributed by atoms with Crippen molar-refractivity contribution in [3.8, 4) is 11.4 Å². The van der Waals surface area contributed by atoms with Crippen LogP contribution in [0.1, 0.15) is 46.5 Å². The molecule has 2 rings (SSSR count). The number of rotatable bonds is 2. The highest BCUT2D eigenvalue weighted by atomic mass is 15.2. The number of imidazole rings is 2. The van der Waals surface area contributed by atoms with E-state index in [0.29, 0.717) is 5.82 Å². The number of nitrogens with two attached hydrogens (primary N) is 1. The predicted octanol–water partition coefficient (Wildman–Crippen LogP) is 2.74. The predicted molar refractivity (Wildman–Crippen MR) is 77.9 cm³/mol. The van der Waals surface area contributed by atoms with Crippen molar-refractivity contribution in [3.05, 3.63) is 18.3 Å². The Kier molecular flexibility index (Phi) is 3.16. The summed E-state index contributed by atoms with van der Waals surface area (Å²) in [5.41, 5.74) is 8.04. The van der Waals surface area contributed by atoms with Gasteiger partial charge in [0.2, 0.25) is 0 Å². The molecule has 2 N–H and O–H groups in total. The van der Waals surface area contributed by atoms with Crippen LogP contribution in [-0.4, -0.2) is 19.1 Å². The molecule has 0 aromatic carbocycles. The van der Waals surface area contributed by atoms with Crippen molar-refractivity contribution in [2.24, 2.45) is 7.05 Å². The minimum atomic E-state index is -0.0464. The fourth-order valence-electron chi connectivity index (χ4n) is 2.27. The highest BCUT2D eigenvalue weighted by molar-refractivity contribution is 5.68. The van der Waals surface area contributed by atoms with Crippen LogP contribution in [0, 0.1) is 0 Å². The molecule has 0 atom stereocenters. The Bertz CT molecular complexity index is 583. The third-order valence-electron chi connectivity index (χ3n) is 3.19. The summed E-state index contributed by atoms with van der Waals surface area (Å²) >= 11 is 0. The van der Waals surface area contributed by atoms with Gasteiger partial charge in [-0.05, 0) is 13.8 Å². The van der Waals surface area contributed by atoms with Crippen molar-refractivity contribution in [3.63, 3.8) is 0 Å². The SMILES string of the molecule is CC(C)n1c(C(C)(C)C)nc(-c2cncn2C)c1N. The van der Waals surface area contributed by atoms with Gasteiger partial charge in [0, 0.05) is 18.5 Å². The maximum atomic E-state index is 6.32. The summed E-state index contributed by atoms with van der Waals surface area (Å²) in [6.45, 7) is 10.7. The van der Waals surface area contributed by atoms with Gasteiger partial charge in [0.15, 0.2) is 0 Å². The highest BCUT2D eigenvalue weighted by Crippen LogP contribution is 2.33. The topological polar surface area (TPSA) is 61.7 Å². The molecule has 2 aromatic rings. The van der Waals surface area contributed by atoms with Gasteiger partial charge in [0.05, 0.1) is 18.2 Å². The van der Waals surface area contributed by atoms with Crippen LogP contribution in [0.15, 0.2) is 12.5 Å². The highest BCUT2D eigenvalue weighted by Gasteiger charge is 2.27. The zero-order valence-electron chi connectivity index (χ0n) is 12.6. The fourth-order valence-corrected chi connectivity index (χ4v) is 2.27. The molecule has 19 heavy (non-hydrogen) atoms. The van der Waals surface area contributed by atoms with Gasteiger partial charge in [-0.25, -0.2) is 9.97 Å². The van der Waals surface area contributed by atoms with Gasteiger partial charge in [-0.1, -0.05) is 20.8 Å². The lowest BCUT2D eigenvalue weighted by Crippen LogP contribution is -2.21. The Morgan fingerprint density at radius 3 is 2.26 bits per heavy atom. The van der Waals surface area contributed by atoms with Gasteiger partial charge >= 0.3 is 0 Å². The first-order valence-electron chi connectivity index (χ1n) is 6.58. The normalized spacial score (nSPS) is 12.4. The van der Waals surface area contributed by atoms with E-state index in [1.807, 2.05) is 11.6 Å². The number of aromatic nitrogens is 4. The van der Waals surface area contributed by atoms with Crippen LogP contribution in [0.2, 0.25) is 0 Å². The van der Waals surface area contributed by atoms with Crippen LogP contribution in [-0.2, 0) is 12.5 Å². The average Bonchev–Trinajstić information content (AvgIpc) is 2.80. The van der Waals surface area contributed by atoms with Crippen LogP contribution in [0.5, 0.6) is 0 Å². The van der Waals surface area contributed by atoms with Gasteiger partial charge in [0.25, 0.3) is 0 Å². The zero-order chi connectivity index (χ0) is 14.4. The molecule has 0 unspecified atom stereocenters. The van der Waals surface area contributed by atoms with Crippen LogP contribution >= 0.6 is 0 Å². The standard InChI is InChI=1S/C14H23N5/c1-9(2)19-12(15)11(10-7-16-8-18(10)6)17-13(19)14(3,4)5/h7-9H,15H2,1-6H3. The van der Waals surface area contributed by atoms with Gasteiger partial charge in [-0.15, -0.1) is 0 Å². The van der Waals surface area contributed by atoms with Crippen LogP contribution in [0.25, 0.3) is 11.4 Å². The third-order valence-corrected chi connectivity index (χ3v) is 3.19. The van der Waals surface area contributed by atoms with E-state index < -0.39 is 0 Å². The van der Waals surface area contributed by atoms with Gasteiger partial charge in [-0.3, -0.25) is 0 Å². The van der Waals surface area contributed by atoms with E-state index in [9.17, 15) is 0 Å². The molecular formula is C14H23N5. The van der Waals surface area contributed by atoms with Gasteiger partial charge < -0.3 is 14.9 Å². The molecule has 5 heteroatoms. The second-order valence-electron chi connectivity index (χ2n) is 6.27. The van der Waals surface area contributed by atoms with Crippen LogP contribution in [0.3, 0.4) is 0 Å². The average molecular weight is 261 g/mol. The van der Waals surface area contributed by atoms with E-state index in [1.54, 1.807) is 12.5 Å². The molecule has 0 bridgehead atoms. The molecule has 5 nitrogen and oxygen atoms in total. The molecular weight excluding hydrogens is 238 g/mol. The molecule has 2 aromatic heterocycles. The monoisotopic (exact) mass is 261 g/mol. The minimum Gasteiger partial charge on any atom is -0.383 e. The number of nitrogen functional groups attached to an aromatic ring is 1. The first-order valence-corrected chi connectivity index (χ1v) is 6.58. The van der Waals surface area contributed by atoms with E-state index in [-0.39, 0.29) is 11.5 Å². The molecule has 0 aliphatic rings. The number of hydrogen-bond donors (Lipinski definition) is 1. The quantitative estimate of drug-likeness (QED) is 0.904. The summed E-state index contributed by atoms with van der Waals surface area (Å²) in [6, 6.07) is 0.281. The molecule has 0 saturated carbocycles. The van der Waals surface area contributed by atoms with E-state index in [2.05, 4.69) is 44.2 Å². The third kappa shape index (κ3) is 2.25. The zero-order valence-corrected chi connectivity index (χ0v) is 12.6. The van der Waals surface area contributed by atoms with Crippen LogP contribution in [0.4, 0.5) is 5.82 Å². The Hall–Kier alpha value is -1.78. The summed E-state index contributed by atoms with van der Waals surface area (Å²) in [4.78, 5) is 8.93. The van der Waals surface area contributed by atoms with E-state index in [0.717, 1.165) is 17.2 Å². The molecule has 0 fully saturated rings. The van der Waals surface area contributed by atoms with E-state index >= 15 is 0 Å². The van der Waals surface area contributed by atoms with Crippen LogP contribution < -0.4 is 5.73 Å². The van der Waals surface area contributed by atoms with Gasteiger partial charge in [-0.2, -0.15) is 0 Å². The summed E-state index contributed by atoms with van der Waals surface area (Å²) < 4.78 is 4.05. The summed E-state index contributed by atoms with van der Waals surface area (Å²) in [5.74, 6) is 1.72. The second-order valence-corrected chi connectivity index (χ2v) is 6.27. The number of nitrogens with zero attached hydrogens (tertiary/aromatic N) is 4. The molecule has 0 aliphatic heterocycles. The summed E-state index contributed by atoms with van der Waals surface area (Å²) in [5, 5.41) is 0. The molecule has 0 saturated heterocycles. The molecule has 0 aliphatic carbocycles. The Labute approximate surface area is 114 Å². The molecule has 0 spiro atoms.